The molecule has 10 N–H and O–H groups in total. The number of hydrogen-bond donors (Lipinski definition) is 9. The summed E-state index contributed by atoms with van der Waals surface area (Å²) >= 11 is 0. The van der Waals surface area contributed by atoms with Gasteiger partial charge in [0, 0.05) is 19.2 Å². The number of aliphatic hydroxyl groups excluding tert-OH is 5. The van der Waals surface area contributed by atoms with Gasteiger partial charge in [-0.15, -0.1) is 0 Å². The molecule has 0 saturated carbocycles. The molecule has 166 valence electrons. The summed E-state index contributed by atoms with van der Waals surface area (Å²) in [6.07, 6.45) is -3.59. The molecule has 1 unspecified atom stereocenters. The Morgan fingerprint density at radius 1 is 0.966 bits per heavy atom. The molecule has 1 heterocycles. The van der Waals surface area contributed by atoms with Crippen LogP contribution in [0.25, 0.3) is 0 Å². The van der Waals surface area contributed by atoms with E-state index >= 15 is 0 Å². The van der Waals surface area contributed by atoms with Crippen LogP contribution in [0, 0.1) is 5.41 Å². The van der Waals surface area contributed by atoms with Gasteiger partial charge >= 0.3 is 11.9 Å². The number of likely N-dealkylation sites (tertiary alicyclic amines) is 1. The summed E-state index contributed by atoms with van der Waals surface area (Å²) in [6, 6.07) is -2.35. The first-order valence-corrected chi connectivity index (χ1v) is 8.15. The molecular formula is C15H26N4O10. The van der Waals surface area contributed by atoms with Crippen LogP contribution in [-0.2, 0) is 14.4 Å². The predicted molar refractivity (Wildman–Crippen MR) is 95.6 cm³/mol. The maximum atomic E-state index is 12.3. The number of rotatable bonds is 6. The third kappa shape index (κ3) is 7.63. The van der Waals surface area contributed by atoms with E-state index in [0.717, 1.165) is 9.80 Å². The summed E-state index contributed by atoms with van der Waals surface area (Å²) in [5.74, 6) is -3.53. The molecule has 0 aromatic rings. The minimum atomic E-state index is -1.59. The third-order valence-electron chi connectivity index (χ3n) is 4.02. The zero-order valence-corrected chi connectivity index (χ0v) is 15.5. The fraction of sp³-hybridized carbons (Fsp3) is 0.600. The first-order chi connectivity index (χ1) is 13.4. The normalized spacial score (nSPS) is 26.4. The van der Waals surface area contributed by atoms with Gasteiger partial charge in [-0.3, -0.25) is 10.2 Å². The highest BCUT2D eigenvalue weighted by Gasteiger charge is 2.49. The summed E-state index contributed by atoms with van der Waals surface area (Å²) in [6.45, 7) is -1.65. The van der Waals surface area contributed by atoms with Gasteiger partial charge < -0.3 is 51.3 Å². The van der Waals surface area contributed by atoms with Gasteiger partial charge in [-0.05, 0) is 0 Å². The van der Waals surface area contributed by atoms with E-state index < -0.39 is 61.5 Å². The van der Waals surface area contributed by atoms with E-state index in [1.54, 1.807) is 0 Å². The predicted octanol–water partition coefficient (Wildman–Crippen LogP) is -4.83. The number of aliphatic hydroxyl groups is 5. The van der Waals surface area contributed by atoms with Crippen molar-refractivity contribution in [1.82, 2.24) is 9.80 Å². The van der Waals surface area contributed by atoms with Gasteiger partial charge in [-0.2, -0.15) is 0 Å². The van der Waals surface area contributed by atoms with E-state index in [4.69, 9.17) is 21.4 Å². The zero-order valence-electron chi connectivity index (χ0n) is 15.5. The van der Waals surface area contributed by atoms with Gasteiger partial charge in [0.25, 0.3) is 0 Å². The van der Waals surface area contributed by atoms with Crippen molar-refractivity contribution in [2.24, 2.45) is 5.73 Å². The maximum absolute atomic E-state index is 12.3. The molecule has 0 spiro atoms. The van der Waals surface area contributed by atoms with Gasteiger partial charge in [0.1, 0.15) is 18.3 Å². The van der Waals surface area contributed by atoms with Crippen LogP contribution in [0.2, 0.25) is 0 Å². The second-order valence-electron chi connectivity index (χ2n) is 6.02. The minimum absolute atomic E-state index is 0.335. The number of nitrogens with zero attached hydrogens (tertiary/aromatic N) is 2. The number of carboxylic acid groups (broad SMARTS) is 2. The number of carbonyl (C=O) groups excluding carboxylic acids is 1. The minimum Gasteiger partial charge on any atom is -0.478 e. The summed E-state index contributed by atoms with van der Waals surface area (Å²) < 4.78 is 0. The number of carboxylic acids is 2. The summed E-state index contributed by atoms with van der Waals surface area (Å²) in [5, 5.41) is 70.9. The second kappa shape index (κ2) is 11.9. The van der Waals surface area contributed by atoms with Gasteiger partial charge in [0.2, 0.25) is 5.91 Å². The second-order valence-corrected chi connectivity index (χ2v) is 6.02. The van der Waals surface area contributed by atoms with Crippen LogP contribution in [0.4, 0.5) is 0 Å². The molecule has 29 heavy (non-hydrogen) atoms. The monoisotopic (exact) mass is 422 g/mol. The van der Waals surface area contributed by atoms with Crippen LogP contribution in [0.15, 0.2) is 12.2 Å². The van der Waals surface area contributed by atoms with Crippen LogP contribution in [-0.4, -0.2) is 127 Å². The van der Waals surface area contributed by atoms with E-state index in [1.165, 1.54) is 7.05 Å². The lowest BCUT2D eigenvalue weighted by Crippen LogP contribution is -2.70. The van der Waals surface area contributed by atoms with Crippen molar-refractivity contribution in [3.63, 3.8) is 0 Å². The van der Waals surface area contributed by atoms with Crippen molar-refractivity contribution in [2.45, 2.75) is 30.4 Å². The molecule has 14 heteroatoms. The number of guanidine groups is 1. The van der Waals surface area contributed by atoms with Crippen LogP contribution in [0.5, 0.6) is 0 Å². The first kappa shape index (κ1) is 26.2. The molecule has 0 radical (unpaired) electrons. The average molecular weight is 422 g/mol. The van der Waals surface area contributed by atoms with Gasteiger partial charge in [0.15, 0.2) is 5.96 Å². The fourth-order valence-corrected chi connectivity index (χ4v) is 2.51. The van der Waals surface area contributed by atoms with Crippen LogP contribution < -0.4 is 5.73 Å². The van der Waals surface area contributed by atoms with Crippen LogP contribution in [0.3, 0.4) is 0 Å². The van der Waals surface area contributed by atoms with Crippen LogP contribution >= 0.6 is 0 Å². The van der Waals surface area contributed by atoms with E-state index in [-0.39, 0.29) is 12.5 Å². The Labute approximate surface area is 165 Å². The topological polar surface area (TPSA) is 249 Å². The highest BCUT2D eigenvalue weighted by atomic mass is 16.4. The highest BCUT2D eigenvalue weighted by molar-refractivity contribution is 5.89. The fourth-order valence-electron chi connectivity index (χ4n) is 2.51. The number of piperidine rings is 1. The molecule has 0 aromatic carbocycles. The van der Waals surface area contributed by atoms with Gasteiger partial charge in [-0.25, -0.2) is 9.59 Å². The molecule has 14 nitrogen and oxygen atoms in total. The number of hydrogen-bond acceptors (Lipinski definition) is 9. The molecule has 0 bridgehead atoms. The van der Waals surface area contributed by atoms with Crippen molar-refractivity contribution in [3.05, 3.63) is 12.2 Å². The molecule has 1 fully saturated rings. The first-order valence-electron chi connectivity index (χ1n) is 8.15. The smallest absolute Gasteiger partial charge is 0.328 e. The lowest BCUT2D eigenvalue weighted by atomic mass is 9.88. The molecule has 1 amide bonds. The molecule has 1 rings (SSSR count). The molecule has 0 aliphatic carbocycles. The molecule has 0 aromatic heterocycles. The van der Waals surface area contributed by atoms with E-state index in [2.05, 4.69) is 0 Å². The molecule has 1 aliphatic rings. The van der Waals surface area contributed by atoms with E-state index in [9.17, 15) is 39.9 Å². The van der Waals surface area contributed by atoms with Gasteiger partial charge in [0.05, 0.1) is 31.8 Å². The molecule has 5 atom stereocenters. The summed E-state index contributed by atoms with van der Waals surface area (Å²) in [4.78, 5) is 33.4. The Hall–Kier alpha value is -2.78. The molecule has 1 aliphatic heterocycles. The van der Waals surface area contributed by atoms with Crippen molar-refractivity contribution >= 4 is 23.8 Å². The highest BCUT2D eigenvalue weighted by Crippen LogP contribution is 2.24. The van der Waals surface area contributed by atoms with E-state index in [1.807, 2.05) is 0 Å². The number of carbonyl (C=O) groups is 3. The quantitative estimate of drug-likeness (QED) is 0.111. The Bertz CT molecular complexity index is 594. The lowest BCUT2D eigenvalue weighted by molar-refractivity contribution is -0.187. The Kier molecular flexibility index (Phi) is 10.8. The SMILES string of the molecule is CN(CC(=O)N1[C@H](CO)[C@H](O)C(O)[C@H](O)[C@H]1CO)C(=N)N.O=C(O)/C=C/C(=O)O. The van der Waals surface area contributed by atoms with E-state index in [0.29, 0.717) is 12.2 Å². The number of likely N-dealkylation sites (N-methyl/N-ethyl adjacent to an activating group) is 1. The number of aliphatic carboxylic acids is 2. The Morgan fingerprint density at radius 2 is 1.34 bits per heavy atom. The van der Waals surface area contributed by atoms with Crippen molar-refractivity contribution in [1.29, 1.82) is 5.41 Å². The third-order valence-corrected chi connectivity index (χ3v) is 4.02. The molecule has 1 saturated heterocycles. The van der Waals surface area contributed by atoms with Crippen molar-refractivity contribution < 1.29 is 50.1 Å². The van der Waals surface area contributed by atoms with Crippen molar-refractivity contribution in [3.8, 4) is 0 Å². The molecular weight excluding hydrogens is 396 g/mol. The maximum Gasteiger partial charge on any atom is 0.328 e. The Morgan fingerprint density at radius 3 is 1.62 bits per heavy atom. The largest absolute Gasteiger partial charge is 0.478 e. The summed E-state index contributed by atoms with van der Waals surface area (Å²) in [7, 11) is 1.40. The standard InChI is InChI=1S/C11H22N4O6.C4H4O4/c1-14(11(12)13)2-7(18)15-5(3-16)8(19)10(21)9(20)6(15)4-17;5-3(6)1-2-4(7)8/h5-6,8-10,16-17,19-21H,2-4H2,1H3,(H3,12,13);1-2H,(H,5,6)(H,7,8)/b;2-1+/t5-,6-,8-,9+,10?;/m1./s1. The van der Waals surface area contributed by atoms with Gasteiger partial charge in [-0.1, -0.05) is 0 Å². The number of nitrogens with two attached hydrogens (primary N) is 1. The summed E-state index contributed by atoms with van der Waals surface area (Å²) in [5.41, 5.74) is 5.23. The Balaban J connectivity index is 0.000000828. The number of amides is 1. The lowest BCUT2D eigenvalue weighted by Gasteiger charge is -2.48. The number of nitrogens with one attached hydrogen (secondary N) is 1. The zero-order chi connectivity index (χ0) is 22.9. The van der Waals surface area contributed by atoms with Crippen molar-refractivity contribution in [2.75, 3.05) is 26.8 Å². The van der Waals surface area contributed by atoms with Crippen LogP contribution in [0.1, 0.15) is 0 Å². The average Bonchev–Trinajstić information content (AvgIpc) is 2.64.